The number of piperazine rings is 1. The molecule has 1 aliphatic heterocycles. The fraction of sp³-hybridized carbons (Fsp3) is 0.278. The van der Waals surface area contributed by atoms with Gasteiger partial charge in [-0.2, -0.15) is 0 Å². The normalized spacial score (nSPS) is 15.3. The highest BCUT2D eigenvalue weighted by Crippen LogP contribution is 2.26. The Kier molecular flexibility index (Phi) is 5.76. The quantitative estimate of drug-likeness (QED) is 0.834. The maximum absolute atomic E-state index is 12.2. The van der Waals surface area contributed by atoms with Gasteiger partial charge in [-0.25, -0.2) is 0 Å². The van der Waals surface area contributed by atoms with Gasteiger partial charge in [0.2, 0.25) is 5.91 Å². The molecule has 1 fully saturated rings. The lowest BCUT2D eigenvalue weighted by atomic mass is 10.2. The van der Waals surface area contributed by atoms with Crippen molar-refractivity contribution >= 4 is 44.8 Å². The van der Waals surface area contributed by atoms with Crippen LogP contribution in [0.2, 0.25) is 5.02 Å². The van der Waals surface area contributed by atoms with Crippen molar-refractivity contribution in [3.05, 3.63) is 58.0 Å². The van der Waals surface area contributed by atoms with Crippen LogP contribution < -0.4 is 10.2 Å². The van der Waals surface area contributed by atoms with Gasteiger partial charge in [0.05, 0.1) is 17.3 Å². The molecule has 3 rings (SSSR count). The molecule has 1 amide bonds. The van der Waals surface area contributed by atoms with E-state index in [-0.39, 0.29) is 5.91 Å². The number of para-hydroxylation sites is 1. The summed E-state index contributed by atoms with van der Waals surface area (Å²) in [5.74, 6) is 0.0171. The second kappa shape index (κ2) is 8.01. The van der Waals surface area contributed by atoms with E-state index < -0.39 is 0 Å². The lowest BCUT2D eigenvalue weighted by Crippen LogP contribution is -2.48. The average molecular weight is 409 g/mol. The molecular formula is C18H19BrClN3O. The van der Waals surface area contributed by atoms with Crippen LogP contribution in [0.15, 0.2) is 53.0 Å². The monoisotopic (exact) mass is 407 g/mol. The summed E-state index contributed by atoms with van der Waals surface area (Å²) in [6.45, 7) is 3.84. The second-order valence-electron chi connectivity index (χ2n) is 5.77. The van der Waals surface area contributed by atoms with E-state index in [4.69, 9.17) is 11.6 Å². The number of nitrogens with one attached hydrogen (secondary N) is 1. The maximum Gasteiger partial charge on any atom is 0.238 e. The molecule has 0 radical (unpaired) electrons. The first-order valence-electron chi connectivity index (χ1n) is 7.89. The predicted molar refractivity (Wildman–Crippen MR) is 103 cm³/mol. The number of carbonyl (C=O) groups is 1. The maximum atomic E-state index is 12.2. The van der Waals surface area contributed by atoms with Gasteiger partial charge in [-0.3, -0.25) is 9.69 Å². The van der Waals surface area contributed by atoms with Gasteiger partial charge >= 0.3 is 0 Å². The zero-order chi connectivity index (χ0) is 16.9. The van der Waals surface area contributed by atoms with Crippen molar-refractivity contribution in [1.82, 2.24) is 4.90 Å². The van der Waals surface area contributed by atoms with E-state index in [1.54, 1.807) is 0 Å². The van der Waals surface area contributed by atoms with Crippen molar-refractivity contribution in [1.29, 1.82) is 0 Å². The number of hydrogen-bond acceptors (Lipinski definition) is 3. The zero-order valence-electron chi connectivity index (χ0n) is 13.2. The summed E-state index contributed by atoms with van der Waals surface area (Å²) in [4.78, 5) is 16.6. The third kappa shape index (κ3) is 4.50. The molecule has 1 heterocycles. The molecule has 0 bridgehead atoms. The predicted octanol–water partition coefficient (Wildman–Crippen LogP) is 3.86. The largest absolute Gasteiger partial charge is 0.368 e. The summed E-state index contributed by atoms with van der Waals surface area (Å²) < 4.78 is 0.996. The Labute approximate surface area is 155 Å². The molecule has 0 aromatic heterocycles. The fourth-order valence-corrected chi connectivity index (χ4v) is 3.31. The van der Waals surface area contributed by atoms with Gasteiger partial charge in [0.1, 0.15) is 0 Å². The van der Waals surface area contributed by atoms with Crippen LogP contribution in [-0.2, 0) is 4.79 Å². The summed E-state index contributed by atoms with van der Waals surface area (Å²) in [5, 5.41) is 3.71. The zero-order valence-corrected chi connectivity index (χ0v) is 15.6. The van der Waals surface area contributed by atoms with Crippen LogP contribution in [0.5, 0.6) is 0 Å². The number of carbonyl (C=O) groups excluding carboxylic acids is 1. The van der Waals surface area contributed by atoms with Crippen molar-refractivity contribution in [2.75, 3.05) is 42.9 Å². The number of amides is 1. The number of halogens is 2. The van der Waals surface area contributed by atoms with E-state index in [9.17, 15) is 4.79 Å². The summed E-state index contributed by atoms with van der Waals surface area (Å²) in [7, 11) is 0. The van der Waals surface area contributed by atoms with Crippen LogP contribution in [-0.4, -0.2) is 43.5 Å². The number of anilines is 2. The Bertz CT molecular complexity index is 700. The van der Waals surface area contributed by atoms with Crippen LogP contribution in [0.25, 0.3) is 0 Å². The molecule has 126 valence electrons. The van der Waals surface area contributed by atoms with Crippen molar-refractivity contribution in [3.8, 4) is 0 Å². The third-order valence-corrected chi connectivity index (χ3v) is 4.91. The summed E-state index contributed by atoms with van der Waals surface area (Å²) in [6.07, 6.45) is 0. The lowest BCUT2D eigenvalue weighted by molar-refractivity contribution is -0.117. The van der Waals surface area contributed by atoms with Crippen molar-refractivity contribution < 1.29 is 4.79 Å². The molecule has 2 aromatic carbocycles. The van der Waals surface area contributed by atoms with E-state index in [1.165, 1.54) is 0 Å². The summed E-state index contributed by atoms with van der Waals surface area (Å²) >= 11 is 9.64. The van der Waals surface area contributed by atoms with Gasteiger partial charge in [-0.1, -0.05) is 39.7 Å². The Hall–Kier alpha value is -1.56. The average Bonchev–Trinajstić information content (AvgIpc) is 2.58. The number of benzene rings is 2. The molecule has 4 nitrogen and oxygen atoms in total. The molecule has 0 aliphatic carbocycles. The Morgan fingerprint density at radius 2 is 1.71 bits per heavy atom. The molecule has 1 saturated heterocycles. The van der Waals surface area contributed by atoms with Gasteiger partial charge in [0, 0.05) is 36.3 Å². The summed E-state index contributed by atoms with van der Waals surface area (Å²) in [6, 6.07) is 15.5. The highest BCUT2D eigenvalue weighted by molar-refractivity contribution is 9.10. The van der Waals surface area contributed by atoms with E-state index in [0.29, 0.717) is 6.54 Å². The first-order chi connectivity index (χ1) is 11.6. The smallest absolute Gasteiger partial charge is 0.238 e. The Morgan fingerprint density at radius 1 is 1.04 bits per heavy atom. The number of rotatable bonds is 4. The minimum atomic E-state index is 0.0171. The molecule has 1 aliphatic rings. The van der Waals surface area contributed by atoms with E-state index in [0.717, 1.165) is 47.0 Å². The van der Waals surface area contributed by atoms with E-state index >= 15 is 0 Å². The van der Waals surface area contributed by atoms with Gasteiger partial charge in [-0.05, 0) is 36.4 Å². The molecule has 1 N–H and O–H groups in total. The minimum absolute atomic E-state index is 0.0171. The first-order valence-corrected chi connectivity index (χ1v) is 9.06. The second-order valence-corrected chi connectivity index (χ2v) is 7.09. The van der Waals surface area contributed by atoms with Gasteiger partial charge in [0.15, 0.2) is 0 Å². The van der Waals surface area contributed by atoms with E-state index in [2.05, 4.69) is 31.0 Å². The SMILES string of the molecule is O=C(CN1CCN(c2ccccc2Cl)CC1)Nc1ccc(Br)cc1. The molecule has 0 saturated carbocycles. The van der Waals surface area contributed by atoms with Crippen LogP contribution >= 0.6 is 27.5 Å². The molecule has 0 atom stereocenters. The third-order valence-electron chi connectivity index (χ3n) is 4.06. The van der Waals surface area contributed by atoms with Gasteiger partial charge in [0.25, 0.3) is 0 Å². The summed E-state index contributed by atoms with van der Waals surface area (Å²) in [5.41, 5.74) is 1.89. The number of hydrogen-bond donors (Lipinski definition) is 1. The standard InChI is InChI=1S/C18H19BrClN3O/c19-14-5-7-15(8-6-14)21-18(24)13-22-9-11-23(12-10-22)17-4-2-1-3-16(17)20/h1-8H,9-13H2,(H,21,24). The van der Waals surface area contributed by atoms with E-state index in [1.807, 2.05) is 48.5 Å². The van der Waals surface area contributed by atoms with Crippen LogP contribution in [0, 0.1) is 0 Å². The van der Waals surface area contributed by atoms with Crippen LogP contribution in [0.1, 0.15) is 0 Å². The highest BCUT2D eigenvalue weighted by Gasteiger charge is 2.20. The molecule has 6 heteroatoms. The topological polar surface area (TPSA) is 35.6 Å². The van der Waals surface area contributed by atoms with Crippen molar-refractivity contribution in [2.24, 2.45) is 0 Å². The molecule has 24 heavy (non-hydrogen) atoms. The molecular weight excluding hydrogens is 390 g/mol. The lowest BCUT2D eigenvalue weighted by Gasteiger charge is -2.36. The van der Waals surface area contributed by atoms with Gasteiger partial charge in [-0.15, -0.1) is 0 Å². The highest BCUT2D eigenvalue weighted by atomic mass is 79.9. The van der Waals surface area contributed by atoms with Crippen molar-refractivity contribution in [2.45, 2.75) is 0 Å². The van der Waals surface area contributed by atoms with Crippen molar-refractivity contribution in [3.63, 3.8) is 0 Å². The first kappa shape index (κ1) is 17.3. The van der Waals surface area contributed by atoms with Gasteiger partial charge < -0.3 is 10.2 Å². The Balaban J connectivity index is 1.49. The molecule has 0 unspecified atom stereocenters. The van der Waals surface area contributed by atoms with Crippen LogP contribution in [0.4, 0.5) is 11.4 Å². The number of nitrogens with zero attached hydrogens (tertiary/aromatic N) is 2. The minimum Gasteiger partial charge on any atom is -0.368 e. The Morgan fingerprint density at radius 3 is 2.38 bits per heavy atom. The fourth-order valence-electron chi connectivity index (χ4n) is 2.79. The molecule has 0 spiro atoms. The van der Waals surface area contributed by atoms with Crippen LogP contribution in [0.3, 0.4) is 0 Å². The molecule has 2 aromatic rings.